The van der Waals surface area contributed by atoms with Crippen LogP contribution in [0.5, 0.6) is 5.75 Å². The van der Waals surface area contributed by atoms with Gasteiger partial charge in [-0.25, -0.2) is 0 Å². The first-order valence-electron chi connectivity index (χ1n) is 6.53. The lowest BCUT2D eigenvalue weighted by Gasteiger charge is -2.31. The molecule has 1 aromatic rings. The van der Waals surface area contributed by atoms with Crippen LogP contribution in [0, 0.1) is 5.92 Å². The van der Waals surface area contributed by atoms with Crippen molar-refractivity contribution in [3.05, 3.63) is 28.7 Å². The number of hydrogen-bond acceptors (Lipinski definition) is 3. The third-order valence-electron chi connectivity index (χ3n) is 3.52. The summed E-state index contributed by atoms with van der Waals surface area (Å²) in [5.41, 5.74) is 0. The fourth-order valence-electron chi connectivity index (χ4n) is 2.33. The molecule has 0 aromatic heterocycles. The second kappa shape index (κ2) is 5.59. The standard InChI is InChI=1S/C14H18BrNO2/c15-11-3-5-13(6-4-11)18-8-12-7-17-9-14(16-12)10-1-2-10/h3-6,10,12,14,16H,1-2,7-9H2/t12-,14+/m0/s1. The van der Waals surface area contributed by atoms with E-state index in [-0.39, 0.29) is 0 Å². The Kier molecular flexibility index (Phi) is 3.87. The number of halogens is 1. The van der Waals surface area contributed by atoms with Crippen molar-refractivity contribution in [3.8, 4) is 5.75 Å². The van der Waals surface area contributed by atoms with Gasteiger partial charge in [-0.15, -0.1) is 0 Å². The van der Waals surface area contributed by atoms with Gasteiger partial charge in [-0.2, -0.15) is 0 Å². The Balaban J connectivity index is 1.48. The molecule has 0 radical (unpaired) electrons. The highest BCUT2D eigenvalue weighted by Gasteiger charge is 2.35. The summed E-state index contributed by atoms with van der Waals surface area (Å²) >= 11 is 3.42. The molecule has 0 spiro atoms. The Hall–Kier alpha value is -0.580. The summed E-state index contributed by atoms with van der Waals surface area (Å²) in [6.07, 6.45) is 2.70. The van der Waals surface area contributed by atoms with Crippen LogP contribution >= 0.6 is 15.9 Å². The zero-order valence-corrected chi connectivity index (χ0v) is 11.9. The summed E-state index contributed by atoms with van der Waals surface area (Å²) in [5, 5.41) is 3.64. The van der Waals surface area contributed by atoms with Crippen LogP contribution in [0.3, 0.4) is 0 Å². The first kappa shape index (κ1) is 12.5. The number of morpholine rings is 1. The molecule has 0 bridgehead atoms. The van der Waals surface area contributed by atoms with E-state index in [1.54, 1.807) is 0 Å². The second-order valence-corrected chi connectivity index (χ2v) is 6.03. The van der Waals surface area contributed by atoms with Crippen LogP contribution in [0.4, 0.5) is 0 Å². The zero-order chi connectivity index (χ0) is 12.4. The minimum absolute atomic E-state index is 0.313. The maximum Gasteiger partial charge on any atom is 0.119 e. The van der Waals surface area contributed by atoms with Crippen LogP contribution in [0.2, 0.25) is 0 Å². The SMILES string of the molecule is Brc1ccc(OC[C@@H]2COC[C@H](C3CC3)N2)cc1. The van der Waals surface area contributed by atoms with Gasteiger partial charge in [0.1, 0.15) is 12.4 Å². The maximum atomic E-state index is 5.79. The van der Waals surface area contributed by atoms with Crippen molar-refractivity contribution >= 4 is 15.9 Å². The molecular weight excluding hydrogens is 294 g/mol. The average Bonchev–Trinajstić information content (AvgIpc) is 3.23. The first-order valence-corrected chi connectivity index (χ1v) is 7.33. The minimum atomic E-state index is 0.313. The molecule has 0 amide bonds. The Bertz CT molecular complexity index is 391. The molecular formula is C14H18BrNO2. The van der Waals surface area contributed by atoms with Crippen molar-refractivity contribution in [1.29, 1.82) is 0 Å². The van der Waals surface area contributed by atoms with Gasteiger partial charge >= 0.3 is 0 Å². The average molecular weight is 312 g/mol. The summed E-state index contributed by atoms with van der Waals surface area (Å²) in [5.74, 6) is 1.74. The topological polar surface area (TPSA) is 30.5 Å². The monoisotopic (exact) mass is 311 g/mol. The van der Waals surface area contributed by atoms with Gasteiger partial charge in [0, 0.05) is 10.5 Å². The highest BCUT2D eigenvalue weighted by Crippen LogP contribution is 2.33. The van der Waals surface area contributed by atoms with Gasteiger partial charge in [-0.3, -0.25) is 0 Å². The lowest BCUT2D eigenvalue weighted by molar-refractivity contribution is 0.0249. The summed E-state index contributed by atoms with van der Waals surface area (Å²) in [7, 11) is 0. The highest BCUT2D eigenvalue weighted by atomic mass is 79.9. The van der Waals surface area contributed by atoms with Crippen molar-refractivity contribution in [3.63, 3.8) is 0 Å². The number of hydrogen-bond donors (Lipinski definition) is 1. The van der Waals surface area contributed by atoms with E-state index in [9.17, 15) is 0 Å². The molecule has 18 heavy (non-hydrogen) atoms. The summed E-state index contributed by atoms with van der Waals surface area (Å²) in [6.45, 7) is 2.28. The zero-order valence-electron chi connectivity index (χ0n) is 10.3. The normalized spacial score (nSPS) is 28.1. The van der Waals surface area contributed by atoms with Crippen molar-refractivity contribution in [2.24, 2.45) is 5.92 Å². The van der Waals surface area contributed by atoms with Gasteiger partial charge in [-0.05, 0) is 43.0 Å². The molecule has 1 saturated heterocycles. The highest BCUT2D eigenvalue weighted by molar-refractivity contribution is 9.10. The number of ether oxygens (including phenoxy) is 2. The molecule has 2 atom stereocenters. The fourth-order valence-corrected chi connectivity index (χ4v) is 2.60. The predicted octanol–water partition coefficient (Wildman–Crippen LogP) is 2.59. The first-order chi connectivity index (χ1) is 8.81. The lowest BCUT2D eigenvalue weighted by Crippen LogP contribution is -2.52. The molecule has 2 aliphatic rings. The Morgan fingerprint density at radius 2 is 2.00 bits per heavy atom. The van der Waals surface area contributed by atoms with Gasteiger partial charge in [0.15, 0.2) is 0 Å². The quantitative estimate of drug-likeness (QED) is 0.927. The van der Waals surface area contributed by atoms with Gasteiger partial charge in [0.2, 0.25) is 0 Å². The van der Waals surface area contributed by atoms with E-state index < -0.39 is 0 Å². The predicted molar refractivity (Wildman–Crippen MR) is 73.9 cm³/mol. The van der Waals surface area contributed by atoms with E-state index in [0.29, 0.717) is 18.7 Å². The Morgan fingerprint density at radius 1 is 1.22 bits per heavy atom. The Morgan fingerprint density at radius 3 is 2.72 bits per heavy atom. The second-order valence-electron chi connectivity index (χ2n) is 5.11. The van der Waals surface area contributed by atoms with Crippen LogP contribution in [0.25, 0.3) is 0 Å². The van der Waals surface area contributed by atoms with Gasteiger partial charge in [-0.1, -0.05) is 15.9 Å². The van der Waals surface area contributed by atoms with Gasteiger partial charge in [0.25, 0.3) is 0 Å². The van der Waals surface area contributed by atoms with E-state index in [2.05, 4.69) is 21.2 Å². The van der Waals surface area contributed by atoms with Crippen molar-refractivity contribution in [2.75, 3.05) is 19.8 Å². The third-order valence-corrected chi connectivity index (χ3v) is 4.05. The summed E-state index contributed by atoms with van der Waals surface area (Å²) < 4.78 is 12.5. The molecule has 1 N–H and O–H groups in total. The molecule has 1 heterocycles. The third kappa shape index (κ3) is 3.25. The number of rotatable bonds is 4. The molecule has 3 rings (SSSR count). The van der Waals surface area contributed by atoms with Crippen molar-refractivity contribution in [2.45, 2.75) is 24.9 Å². The van der Waals surface area contributed by atoms with E-state index >= 15 is 0 Å². The molecule has 4 heteroatoms. The minimum Gasteiger partial charge on any atom is -0.492 e. The molecule has 98 valence electrons. The van der Waals surface area contributed by atoms with Crippen molar-refractivity contribution < 1.29 is 9.47 Å². The van der Waals surface area contributed by atoms with Crippen LogP contribution in [0.1, 0.15) is 12.8 Å². The molecule has 1 saturated carbocycles. The molecule has 2 fully saturated rings. The van der Waals surface area contributed by atoms with Gasteiger partial charge in [0.05, 0.1) is 19.3 Å². The smallest absolute Gasteiger partial charge is 0.119 e. The van der Waals surface area contributed by atoms with E-state index in [4.69, 9.17) is 9.47 Å². The summed E-state index contributed by atoms with van der Waals surface area (Å²) in [4.78, 5) is 0. The molecule has 0 unspecified atom stereocenters. The van der Waals surface area contributed by atoms with E-state index in [1.807, 2.05) is 24.3 Å². The largest absolute Gasteiger partial charge is 0.492 e. The van der Waals surface area contributed by atoms with Crippen molar-refractivity contribution in [1.82, 2.24) is 5.32 Å². The van der Waals surface area contributed by atoms with Crippen LogP contribution in [0.15, 0.2) is 28.7 Å². The van der Waals surface area contributed by atoms with Crippen LogP contribution in [-0.4, -0.2) is 31.9 Å². The van der Waals surface area contributed by atoms with E-state index in [1.165, 1.54) is 12.8 Å². The Labute approximate surface area is 116 Å². The fraction of sp³-hybridized carbons (Fsp3) is 0.571. The maximum absolute atomic E-state index is 5.79. The number of benzene rings is 1. The molecule has 1 aromatic carbocycles. The van der Waals surface area contributed by atoms with Crippen LogP contribution < -0.4 is 10.1 Å². The lowest BCUT2D eigenvalue weighted by atomic mass is 10.1. The number of nitrogens with one attached hydrogen (secondary N) is 1. The molecule has 1 aliphatic heterocycles. The van der Waals surface area contributed by atoms with E-state index in [0.717, 1.165) is 29.4 Å². The molecule has 1 aliphatic carbocycles. The summed E-state index contributed by atoms with van der Waals surface area (Å²) in [6, 6.07) is 8.80. The van der Waals surface area contributed by atoms with Gasteiger partial charge < -0.3 is 14.8 Å². The molecule has 3 nitrogen and oxygen atoms in total. The van der Waals surface area contributed by atoms with Crippen LogP contribution in [-0.2, 0) is 4.74 Å².